The van der Waals surface area contributed by atoms with Crippen LogP contribution in [0.3, 0.4) is 0 Å². The molecule has 0 N–H and O–H groups in total. The minimum Gasteiger partial charge on any atom is -0.102 e. The van der Waals surface area contributed by atoms with E-state index in [1.54, 1.807) is 0 Å². The van der Waals surface area contributed by atoms with Crippen molar-refractivity contribution in [3.8, 4) is 0 Å². The molecule has 0 heterocycles. The molecule has 144 valence electrons. The topological polar surface area (TPSA) is 0 Å². The molecule has 0 radical (unpaired) electrons. The van der Waals surface area contributed by atoms with Gasteiger partial charge in [0.1, 0.15) is 0 Å². The van der Waals surface area contributed by atoms with Gasteiger partial charge in [-0.2, -0.15) is 0 Å². The van der Waals surface area contributed by atoms with Gasteiger partial charge < -0.3 is 0 Å². The highest BCUT2D eigenvalue weighted by atomic mass is 14.4. The van der Waals surface area contributed by atoms with Crippen LogP contribution < -0.4 is 0 Å². The molecule has 0 nitrogen and oxygen atoms in total. The van der Waals surface area contributed by atoms with Crippen molar-refractivity contribution in [3.63, 3.8) is 0 Å². The summed E-state index contributed by atoms with van der Waals surface area (Å²) in [6.07, 6.45) is 0. The number of hydrogen-bond donors (Lipinski definition) is 0. The van der Waals surface area contributed by atoms with Gasteiger partial charge in [-0.05, 0) is 22.3 Å². The normalized spacial score (nSPS) is 14.6. The zero-order valence-electron chi connectivity index (χ0n) is 17.0. The largest absolute Gasteiger partial charge is 0.102 e. The van der Waals surface area contributed by atoms with E-state index in [0.717, 1.165) is 0 Å². The molecule has 0 saturated heterocycles. The smallest absolute Gasteiger partial charge is 0.0341 e. The molecule has 2 aliphatic carbocycles. The minimum atomic E-state index is 1.23. The lowest BCUT2D eigenvalue weighted by Crippen LogP contribution is -1.72. The van der Waals surface area contributed by atoms with Crippen molar-refractivity contribution in [2.45, 2.75) is 0 Å². The lowest BCUT2D eigenvalue weighted by molar-refractivity contribution is 1.64. The highest BCUT2D eigenvalue weighted by Gasteiger charge is 2.36. The fraction of sp³-hybridized carbons (Fsp3) is 0. The minimum absolute atomic E-state index is 1.23. The van der Waals surface area contributed by atoms with Gasteiger partial charge in [-0.25, -0.2) is 0 Å². The molecule has 0 aliphatic heterocycles. The van der Waals surface area contributed by atoms with Crippen LogP contribution in [-0.4, -0.2) is 0 Å². The first-order valence-electron chi connectivity index (χ1n) is 10.6. The van der Waals surface area contributed by atoms with Crippen LogP contribution in [0.25, 0.3) is 22.3 Å². The van der Waals surface area contributed by atoms with E-state index in [4.69, 9.17) is 0 Å². The molecule has 0 aromatic heterocycles. The summed E-state index contributed by atoms with van der Waals surface area (Å²) in [6, 6.07) is 42.6. The quantitative estimate of drug-likeness (QED) is 0.312. The average Bonchev–Trinajstić information content (AvgIpc) is 3.76. The molecule has 0 amide bonds. The Hall–Kier alpha value is -4.12. The van der Waals surface area contributed by atoms with Gasteiger partial charge in [0.25, 0.3) is 0 Å². The van der Waals surface area contributed by atoms with Crippen molar-refractivity contribution >= 4 is 22.3 Å². The van der Waals surface area contributed by atoms with Crippen LogP contribution in [0, 0.1) is 0 Å². The van der Waals surface area contributed by atoms with Crippen molar-refractivity contribution in [3.05, 3.63) is 160 Å². The van der Waals surface area contributed by atoms with Gasteiger partial charge in [-0.1, -0.05) is 121 Å². The summed E-state index contributed by atoms with van der Waals surface area (Å²) in [6.45, 7) is 0. The Kier molecular flexibility index (Phi) is 4.17. The lowest BCUT2D eigenvalue weighted by atomic mass is 10.1. The highest BCUT2D eigenvalue weighted by molar-refractivity contribution is 6.29. The number of allylic oxidation sites excluding steroid dienone is 5. The maximum Gasteiger partial charge on any atom is 0.0341 e. The SMILES string of the molecule is C(=C1C(c2ccccc2)=C1c1ccccc1)=C1C(c2ccccc2)=C1c1ccccc1. The fourth-order valence-electron chi connectivity index (χ4n) is 4.32. The summed E-state index contributed by atoms with van der Waals surface area (Å²) in [5.74, 6) is 0. The zero-order valence-corrected chi connectivity index (χ0v) is 17.0. The van der Waals surface area contributed by atoms with Crippen LogP contribution in [0.4, 0.5) is 0 Å². The third kappa shape index (κ3) is 3.20. The first-order chi connectivity index (χ1) is 15.4. The Morgan fingerprint density at radius 3 is 0.742 bits per heavy atom. The molecular weight excluding hydrogens is 372 g/mol. The predicted molar refractivity (Wildman–Crippen MR) is 130 cm³/mol. The molecule has 4 aromatic carbocycles. The molecule has 6 rings (SSSR count). The zero-order chi connectivity index (χ0) is 20.6. The Labute approximate surface area is 182 Å². The average molecular weight is 393 g/mol. The predicted octanol–water partition coefficient (Wildman–Crippen LogP) is 7.69. The maximum absolute atomic E-state index is 3.81. The molecule has 31 heavy (non-hydrogen) atoms. The molecule has 0 bridgehead atoms. The standard InChI is InChI=1S/C31H20/c1-5-13-22(14-6-1)28-26(29(28)23-15-7-2-8-16-23)21-27-30(24-17-9-3-10-18-24)31(27)25-19-11-4-12-20-25/h1-20H. The first-order valence-corrected chi connectivity index (χ1v) is 10.6. The Balaban J connectivity index is 1.51. The summed E-state index contributed by atoms with van der Waals surface area (Å²) < 4.78 is 0. The summed E-state index contributed by atoms with van der Waals surface area (Å²) in [5.41, 5.74) is 16.5. The van der Waals surface area contributed by atoms with Crippen molar-refractivity contribution in [2.24, 2.45) is 0 Å². The van der Waals surface area contributed by atoms with E-state index in [1.807, 2.05) is 0 Å². The Morgan fingerprint density at radius 1 is 0.290 bits per heavy atom. The van der Waals surface area contributed by atoms with Crippen LogP contribution in [-0.2, 0) is 0 Å². The molecule has 0 spiro atoms. The van der Waals surface area contributed by atoms with Gasteiger partial charge in [0.05, 0.1) is 0 Å². The van der Waals surface area contributed by atoms with Crippen LogP contribution in [0.15, 0.2) is 138 Å². The first kappa shape index (κ1) is 17.7. The summed E-state index contributed by atoms with van der Waals surface area (Å²) in [5, 5.41) is 0. The molecule has 0 heteroatoms. The monoisotopic (exact) mass is 392 g/mol. The molecule has 0 fully saturated rings. The third-order valence-electron chi connectivity index (χ3n) is 5.87. The van der Waals surface area contributed by atoms with E-state index < -0.39 is 0 Å². The van der Waals surface area contributed by atoms with Crippen molar-refractivity contribution in [2.75, 3.05) is 0 Å². The van der Waals surface area contributed by atoms with E-state index >= 15 is 0 Å². The fourth-order valence-corrected chi connectivity index (χ4v) is 4.32. The molecule has 4 aromatic rings. The van der Waals surface area contributed by atoms with Gasteiger partial charge in [-0.3, -0.25) is 0 Å². The number of benzene rings is 4. The summed E-state index contributed by atoms with van der Waals surface area (Å²) in [7, 11) is 0. The molecule has 0 atom stereocenters. The van der Waals surface area contributed by atoms with E-state index in [-0.39, 0.29) is 0 Å². The Morgan fingerprint density at radius 2 is 0.516 bits per heavy atom. The summed E-state index contributed by atoms with van der Waals surface area (Å²) in [4.78, 5) is 0. The Bertz CT molecular complexity index is 1180. The molecule has 0 unspecified atom stereocenters. The number of rotatable bonds is 4. The van der Waals surface area contributed by atoms with Gasteiger partial charge in [0.15, 0.2) is 0 Å². The van der Waals surface area contributed by atoms with Crippen molar-refractivity contribution in [1.29, 1.82) is 0 Å². The second kappa shape index (κ2) is 7.29. The van der Waals surface area contributed by atoms with Crippen LogP contribution >= 0.6 is 0 Å². The second-order valence-electron chi connectivity index (χ2n) is 7.84. The maximum atomic E-state index is 3.81. The van der Waals surface area contributed by atoms with E-state index in [9.17, 15) is 0 Å². The van der Waals surface area contributed by atoms with Crippen molar-refractivity contribution in [1.82, 2.24) is 0 Å². The van der Waals surface area contributed by atoms with Crippen molar-refractivity contribution < 1.29 is 0 Å². The second-order valence-corrected chi connectivity index (χ2v) is 7.84. The molecule has 2 aliphatic rings. The molecule has 0 saturated carbocycles. The lowest BCUT2D eigenvalue weighted by Gasteiger charge is -1.91. The van der Waals surface area contributed by atoms with Crippen LogP contribution in [0.1, 0.15) is 22.3 Å². The number of hydrogen-bond acceptors (Lipinski definition) is 0. The van der Waals surface area contributed by atoms with Crippen LogP contribution in [0.5, 0.6) is 0 Å². The molecular formula is C31H20. The van der Waals surface area contributed by atoms with Gasteiger partial charge in [0, 0.05) is 33.4 Å². The van der Waals surface area contributed by atoms with E-state index in [0.29, 0.717) is 0 Å². The highest BCUT2D eigenvalue weighted by Crippen LogP contribution is 2.56. The van der Waals surface area contributed by atoms with E-state index in [1.165, 1.54) is 55.7 Å². The van der Waals surface area contributed by atoms with Gasteiger partial charge >= 0.3 is 0 Å². The third-order valence-corrected chi connectivity index (χ3v) is 5.87. The van der Waals surface area contributed by atoms with E-state index in [2.05, 4.69) is 127 Å². The summed E-state index contributed by atoms with van der Waals surface area (Å²) >= 11 is 0. The van der Waals surface area contributed by atoms with Crippen LogP contribution in [0.2, 0.25) is 0 Å². The van der Waals surface area contributed by atoms with Gasteiger partial charge in [0.2, 0.25) is 0 Å². The van der Waals surface area contributed by atoms with Gasteiger partial charge in [-0.15, -0.1) is 5.73 Å².